The zero-order chi connectivity index (χ0) is 17.4. The molecule has 0 fully saturated rings. The Morgan fingerprint density at radius 1 is 1.24 bits per heavy atom. The Hall–Kier alpha value is -2.82. The van der Waals surface area contributed by atoms with Gasteiger partial charge in [-0.05, 0) is 48.6 Å². The summed E-state index contributed by atoms with van der Waals surface area (Å²) in [5, 5.41) is 14.7. The van der Waals surface area contributed by atoms with Crippen LogP contribution in [0.15, 0.2) is 54.6 Å². The average molecular weight is 336 g/mol. The van der Waals surface area contributed by atoms with Crippen LogP contribution in [0.25, 0.3) is 0 Å². The number of benzene rings is 2. The highest BCUT2D eigenvalue weighted by atomic mass is 16.6. The molecule has 3 unspecified atom stereocenters. The van der Waals surface area contributed by atoms with Gasteiger partial charge >= 0.3 is 0 Å². The predicted octanol–water partition coefficient (Wildman–Crippen LogP) is 4.82. The lowest BCUT2D eigenvalue weighted by atomic mass is 9.77. The maximum absolute atomic E-state index is 11.1. The maximum atomic E-state index is 11.1. The summed E-state index contributed by atoms with van der Waals surface area (Å²) in [6, 6.07) is 13.5. The lowest BCUT2D eigenvalue weighted by Crippen LogP contribution is -2.29. The number of ether oxygens (including phenoxy) is 1. The normalized spacial score (nSPS) is 23.5. The van der Waals surface area contributed by atoms with E-state index >= 15 is 0 Å². The number of anilines is 1. The fraction of sp³-hybridized carbons (Fsp3) is 0.300. The van der Waals surface area contributed by atoms with Crippen LogP contribution in [-0.4, -0.2) is 11.5 Å². The van der Waals surface area contributed by atoms with Crippen molar-refractivity contribution in [2.24, 2.45) is 5.92 Å². The van der Waals surface area contributed by atoms with Gasteiger partial charge in [0, 0.05) is 23.7 Å². The Kier molecular flexibility index (Phi) is 3.92. The second-order valence-electron chi connectivity index (χ2n) is 6.51. The molecule has 2 aliphatic rings. The van der Waals surface area contributed by atoms with Crippen LogP contribution in [0.3, 0.4) is 0 Å². The van der Waals surface area contributed by atoms with E-state index in [0.717, 1.165) is 23.4 Å². The minimum atomic E-state index is -0.327. The zero-order valence-electron chi connectivity index (χ0n) is 14.0. The first-order chi connectivity index (χ1) is 12.2. The highest BCUT2D eigenvalue weighted by molar-refractivity contribution is 5.63. The summed E-state index contributed by atoms with van der Waals surface area (Å²) in [6.45, 7) is 2.63. The molecule has 1 N–H and O–H groups in total. The first-order valence-corrected chi connectivity index (χ1v) is 8.61. The molecule has 25 heavy (non-hydrogen) atoms. The van der Waals surface area contributed by atoms with Gasteiger partial charge in [-0.2, -0.15) is 0 Å². The molecule has 2 aromatic rings. The van der Waals surface area contributed by atoms with Gasteiger partial charge < -0.3 is 10.1 Å². The van der Waals surface area contributed by atoms with Crippen LogP contribution in [0.4, 0.5) is 11.4 Å². The number of fused-ring (bicyclic) bond motifs is 3. The van der Waals surface area contributed by atoms with Gasteiger partial charge in [-0.3, -0.25) is 10.1 Å². The van der Waals surface area contributed by atoms with Gasteiger partial charge in [-0.25, -0.2) is 0 Å². The lowest BCUT2D eigenvalue weighted by molar-refractivity contribution is -0.384. The number of nitro groups is 1. The average Bonchev–Trinajstić information content (AvgIpc) is 3.11. The van der Waals surface area contributed by atoms with E-state index in [1.807, 2.05) is 25.1 Å². The first kappa shape index (κ1) is 15.7. The van der Waals surface area contributed by atoms with Crippen molar-refractivity contribution in [3.8, 4) is 5.75 Å². The molecule has 2 aromatic carbocycles. The molecule has 0 spiro atoms. The SMILES string of the molecule is CCOc1ccc(C2Nc3ccc([N+](=O)[O-])cc3C3C=CCC32)cc1. The third kappa shape index (κ3) is 2.76. The molecular weight excluding hydrogens is 316 g/mol. The number of hydrogen-bond donors (Lipinski definition) is 1. The van der Waals surface area contributed by atoms with Crippen molar-refractivity contribution in [1.29, 1.82) is 0 Å². The Morgan fingerprint density at radius 3 is 2.76 bits per heavy atom. The Labute approximate surface area is 146 Å². The Balaban J connectivity index is 1.69. The van der Waals surface area contributed by atoms with Crippen molar-refractivity contribution in [3.05, 3.63) is 75.9 Å². The lowest BCUT2D eigenvalue weighted by Gasteiger charge is -2.37. The summed E-state index contributed by atoms with van der Waals surface area (Å²) in [6.07, 6.45) is 5.35. The van der Waals surface area contributed by atoms with E-state index in [2.05, 4.69) is 29.6 Å². The van der Waals surface area contributed by atoms with Gasteiger partial charge in [0.05, 0.1) is 17.6 Å². The predicted molar refractivity (Wildman–Crippen MR) is 97.1 cm³/mol. The Bertz CT molecular complexity index is 829. The van der Waals surface area contributed by atoms with E-state index in [1.54, 1.807) is 12.1 Å². The van der Waals surface area contributed by atoms with Crippen LogP contribution in [0.2, 0.25) is 0 Å². The van der Waals surface area contributed by atoms with Crippen LogP contribution >= 0.6 is 0 Å². The second kappa shape index (κ2) is 6.24. The number of nitrogens with zero attached hydrogens (tertiary/aromatic N) is 1. The molecule has 0 aromatic heterocycles. The first-order valence-electron chi connectivity index (χ1n) is 8.61. The van der Waals surface area contributed by atoms with Crippen LogP contribution in [0, 0.1) is 16.0 Å². The van der Waals surface area contributed by atoms with E-state index in [0.29, 0.717) is 12.5 Å². The quantitative estimate of drug-likeness (QED) is 0.494. The second-order valence-corrected chi connectivity index (χ2v) is 6.51. The van der Waals surface area contributed by atoms with Crippen molar-refractivity contribution in [2.45, 2.75) is 25.3 Å². The third-order valence-electron chi connectivity index (χ3n) is 5.11. The molecule has 4 rings (SSSR count). The van der Waals surface area contributed by atoms with Crippen molar-refractivity contribution in [1.82, 2.24) is 0 Å². The number of nitrogens with one attached hydrogen (secondary N) is 1. The van der Waals surface area contributed by atoms with Gasteiger partial charge in [0.15, 0.2) is 0 Å². The smallest absolute Gasteiger partial charge is 0.269 e. The van der Waals surface area contributed by atoms with Gasteiger partial charge in [0.25, 0.3) is 5.69 Å². The topological polar surface area (TPSA) is 64.4 Å². The van der Waals surface area contributed by atoms with E-state index in [9.17, 15) is 10.1 Å². The number of allylic oxidation sites excluding steroid dienone is 2. The van der Waals surface area contributed by atoms with E-state index in [-0.39, 0.29) is 22.6 Å². The molecular formula is C20H20N2O3. The van der Waals surface area contributed by atoms with Crippen molar-refractivity contribution >= 4 is 11.4 Å². The van der Waals surface area contributed by atoms with Crippen LogP contribution in [-0.2, 0) is 0 Å². The maximum Gasteiger partial charge on any atom is 0.269 e. The zero-order valence-corrected chi connectivity index (χ0v) is 14.0. The van der Waals surface area contributed by atoms with Crippen molar-refractivity contribution in [3.63, 3.8) is 0 Å². The van der Waals surface area contributed by atoms with E-state index in [1.165, 1.54) is 5.56 Å². The molecule has 5 nitrogen and oxygen atoms in total. The summed E-state index contributed by atoms with van der Waals surface area (Å²) in [5.41, 5.74) is 3.37. The molecule has 0 bridgehead atoms. The number of nitro benzene ring substituents is 1. The fourth-order valence-corrected chi connectivity index (χ4v) is 3.96. The highest BCUT2D eigenvalue weighted by Gasteiger charge is 2.38. The summed E-state index contributed by atoms with van der Waals surface area (Å²) < 4.78 is 5.53. The number of hydrogen-bond acceptors (Lipinski definition) is 4. The summed E-state index contributed by atoms with van der Waals surface area (Å²) in [4.78, 5) is 10.8. The molecule has 3 atom stereocenters. The monoisotopic (exact) mass is 336 g/mol. The molecule has 128 valence electrons. The Morgan fingerprint density at radius 2 is 2.04 bits per heavy atom. The third-order valence-corrected chi connectivity index (χ3v) is 5.11. The summed E-state index contributed by atoms with van der Waals surface area (Å²) >= 11 is 0. The molecule has 1 aliphatic heterocycles. The highest BCUT2D eigenvalue weighted by Crippen LogP contribution is 2.50. The molecule has 0 amide bonds. The molecule has 5 heteroatoms. The minimum absolute atomic E-state index is 0.152. The van der Waals surface area contributed by atoms with Crippen LogP contribution in [0.5, 0.6) is 5.75 Å². The van der Waals surface area contributed by atoms with Gasteiger partial charge in [-0.15, -0.1) is 0 Å². The minimum Gasteiger partial charge on any atom is -0.494 e. The summed E-state index contributed by atoms with van der Waals surface area (Å²) in [7, 11) is 0. The molecule has 0 saturated heterocycles. The molecule has 0 radical (unpaired) electrons. The molecule has 0 saturated carbocycles. The van der Waals surface area contributed by atoms with Crippen LogP contribution in [0.1, 0.15) is 36.4 Å². The van der Waals surface area contributed by atoms with E-state index < -0.39 is 0 Å². The summed E-state index contributed by atoms with van der Waals surface area (Å²) in [5.74, 6) is 1.46. The van der Waals surface area contributed by atoms with Crippen molar-refractivity contribution in [2.75, 3.05) is 11.9 Å². The van der Waals surface area contributed by atoms with Crippen molar-refractivity contribution < 1.29 is 9.66 Å². The standard InChI is InChI=1S/C20H20N2O3/c1-2-25-15-9-6-13(7-10-15)20-17-5-3-4-16(17)18-12-14(22(23)24)8-11-19(18)21-20/h3-4,6-12,16-17,20-21H,2,5H2,1H3. The van der Waals surface area contributed by atoms with Gasteiger partial charge in [0.1, 0.15) is 5.75 Å². The number of non-ortho nitro benzene ring substituents is 1. The van der Waals surface area contributed by atoms with Crippen LogP contribution < -0.4 is 10.1 Å². The van der Waals surface area contributed by atoms with Gasteiger partial charge in [0.2, 0.25) is 0 Å². The molecule has 1 aliphatic carbocycles. The number of rotatable bonds is 4. The van der Waals surface area contributed by atoms with E-state index in [4.69, 9.17) is 4.74 Å². The largest absolute Gasteiger partial charge is 0.494 e. The fourth-order valence-electron chi connectivity index (χ4n) is 3.96. The van der Waals surface area contributed by atoms with Gasteiger partial charge in [-0.1, -0.05) is 24.3 Å². The molecule has 1 heterocycles.